The van der Waals surface area contributed by atoms with Crippen LogP contribution >= 0.6 is 0 Å². The zero-order valence-electron chi connectivity index (χ0n) is 13.8. The summed E-state index contributed by atoms with van der Waals surface area (Å²) < 4.78 is 0. The highest BCUT2D eigenvalue weighted by Crippen LogP contribution is 2.29. The highest BCUT2D eigenvalue weighted by molar-refractivity contribution is 5.27. The summed E-state index contributed by atoms with van der Waals surface area (Å²) in [6, 6.07) is 20.0. The second-order valence-corrected chi connectivity index (χ2v) is 7.02. The van der Waals surface area contributed by atoms with E-state index in [1.807, 2.05) is 0 Å². The van der Waals surface area contributed by atoms with Gasteiger partial charge in [0, 0.05) is 31.2 Å². The molecule has 0 amide bonds. The van der Waals surface area contributed by atoms with Gasteiger partial charge in [0.15, 0.2) is 0 Å². The maximum Gasteiger partial charge on any atom is 0.0477 e. The molecule has 1 aliphatic heterocycles. The number of hydrogen-bond donors (Lipinski definition) is 1. The van der Waals surface area contributed by atoms with Gasteiger partial charge in [-0.3, -0.25) is 4.90 Å². The summed E-state index contributed by atoms with van der Waals surface area (Å²) in [6.07, 6.45) is 0. The summed E-state index contributed by atoms with van der Waals surface area (Å²) in [6.45, 7) is 9.86. The van der Waals surface area contributed by atoms with E-state index in [0.717, 1.165) is 19.6 Å². The van der Waals surface area contributed by atoms with Crippen molar-refractivity contribution in [2.75, 3.05) is 13.1 Å². The molecule has 2 nitrogen and oxygen atoms in total. The topological polar surface area (TPSA) is 15.3 Å². The number of nitrogens with zero attached hydrogens (tertiary/aromatic N) is 1. The Labute approximate surface area is 134 Å². The molecule has 1 fully saturated rings. The first-order valence-electron chi connectivity index (χ1n) is 8.14. The van der Waals surface area contributed by atoms with Gasteiger partial charge in [-0.25, -0.2) is 0 Å². The Morgan fingerprint density at radius 1 is 1.05 bits per heavy atom. The molecule has 3 rings (SSSR count). The molecule has 116 valence electrons. The van der Waals surface area contributed by atoms with Crippen molar-refractivity contribution in [3.05, 3.63) is 71.3 Å². The molecule has 0 saturated carbocycles. The fourth-order valence-corrected chi connectivity index (χ4v) is 3.35. The number of benzene rings is 2. The van der Waals surface area contributed by atoms with Crippen molar-refractivity contribution in [1.82, 2.24) is 10.2 Å². The van der Waals surface area contributed by atoms with Crippen molar-refractivity contribution in [2.45, 2.75) is 38.9 Å². The number of aryl methyl sites for hydroxylation is 1. The van der Waals surface area contributed by atoms with Crippen molar-refractivity contribution in [3.63, 3.8) is 0 Å². The van der Waals surface area contributed by atoms with Crippen molar-refractivity contribution in [1.29, 1.82) is 0 Å². The number of piperazine rings is 1. The summed E-state index contributed by atoms with van der Waals surface area (Å²) in [5.74, 6) is 0. The maximum atomic E-state index is 3.70. The van der Waals surface area contributed by atoms with Gasteiger partial charge in [0.1, 0.15) is 0 Å². The van der Waals surface area contributed by atoms with Gasteiger partial charge < -0.3 is 5.32 Å². The fraction of sp³-hybridized carbons (Fsp3) is 0.400. The van der Waals surface area contributed by atoms with Crippen LogP contribution in [-0.2, 0) is 6.54 Å². The quantitative estimate of drug-likeness (QED) is 0.923. The lowest BCUT2D eigenvalue weighted by molar-refractivity contribution is 0.0878. The molecule has 1 saturated heterocycles. The van der Waals surface area contributed by atoms with Crippen LogP contribution < -0.4 is 5.32 Å². The molecule has 0 spiro atoms. The molecule has 0 bridgehead atoms. The van der Waals surface area contributed by atoms with Crippen LogP contribution in [0.3, 0.4) is 0 Å². The minimum atomic E-state index is 0.161. The van der Waals surface area contributed by atoms with Crippen LogP contribution in [0.25, 0.3) is 0 Å². The molecule has 1 heterocycles. The SMILES string of the molecule is Cc1ccccc1CN1CC(C)(C)NCC1c1ccccc1. The van der Waals surface area contributed by atoms with E-state index in [1.165, 1.54) is 16.7 Å². The minimum Gasteiger partial charge on any atom is -0.309 e. The van der Waals surface area contributed by atoms with Gasteiger partial charge in [-0.15, -0.1) is 0 Å². The molecule has 2 aromatic rings. The Morgan fingerprint density at radius 2 is 1.73 bits per heavy atom. The van der Waals surface area contributed by atoms with Gasteiger partial charge in [-0.1, -0.05) is 54.6 Å². The molecular weight excluding hydrogens is 268 g/mol. The third-order valence-corrected chi connectivity index (χ3v) is 4.63. The van der Waals surface area contributed by atoms with Crippen LogP contribution in [0.2, 0.25) is 0 Å². The minimum absolute atomic E-state index is 0.161. The molecule has 0 aliphatic carbocycles. The van der Waals surface area contributed by atoms with Gasteiger partial charge in [0.05, 0.1) is 0 Å². The number of rotatable bonds is 3. The molecular formula is C20H26N2. The lowest BCUT2D eigenvalue weighted by atomic mass is 9.94. The van der Waals surface area contributed by atoms with E-state index < -0.39 is 0 Å². The van der Waals surface area contributed by atoms with Crippen LogP contribution in [0, 0.1) is 6.92 Å². The average molecular weight is 294 g/mol. The molecule has 0 aromatic heterocycles. The Kier molecular flexibility index (Phi) is 4.32. The largest absolute Gasteiger partial charge is 0.309 e. The second-order valence-electron chi connectivity index (χ2n) is 7.02. The molecule has 0 radical (unpaired) electrons. The summed E-state index contributed by atoms with van der Waals surface area (Å²) in [4.78, 5) is 2.62. The van der Waals surface area contributed by atoms with Gasteiger partial charge in [0.2, 0.25) is 0 Å². The lowest BCUT2D eigenvalue weighted by Gasteiger charge is -2.45. The van der Waals surface area contributed by atoms with Crippen molar-refractivity contribution >= 4 is 0 Å². The average Bonchev–Trinajstić information content (AvgIpc) is 2.50. The Morgan fingerprint density at radius 3 is 2.45 bits per heavy atom. The third kappa shape index (κ3) is 3.40. The van der Waals surface area contributed by atoms with E-state index in [4.69, 9.17) is 0 Å². The fourth-order valence-electron chi connectivity index (χ4n) is 3.35. The van der Waals surface area contributed by atoms with E-state index in [2.05, 4.69) is 85.6 Å². The van der Waals surface area contributed by atoms with Crippen LogP contribution in [-0.4, -0.2) is 23.5 Å². The van der Waals surface area contributed by atoms with Crippen molar-refractivity contribution < 1.29 is 0 Å². The molecule has 1 unspecified atom stereocenters. The predicted molar refractivity (Wildman–Crippen MR) is 92.9 cm³/mol. The summed E-state index contributed by atoms with van der Waals surface area (Å²) in [5.41, 5.74) is 4.37. The van der Waals surface area contributed by atoms with Gasteiger partial charge in [-0.2, -0.15) is 0 Å². The maximum absolute atomic E-state index is 3.70. The first-order chi connectivity index (χ1) is 10.6. The standard InChI is InChI=1S/C20H26N2/c1-16-9-7-8-12-18(16)14-22-15-20(2,3)21-13-19(22)17-10-5-4-6-11-17/h4-12,19,21H,13-15H2,1-3H3. The third-order valence-electron chi connectivity index (χ3n) is 4.63. The first kappa shape index (κ1) is 15.3. The zero-order valence-corrected chi connectivity index (χ0v) is 13.8. The normalized spacial score (nSPS) is 21.7. The monoisotopic (exact) mass is 294 g/mol. The molecule has 2 heteroatoms. The lowest BCUT2D eigenvalue weighted by Crippen LogP contribution is -2.57. The highest BCUT2D eigenvalue weighted by Gasteiger charge is 2.33. The zero-order chi connectivity index (χ0) is 15.6. The van der Waals surface area contributed by atoms with Gasteiger partial charge >= 0.3 is 0 Å². The van der Waals surface area contributed by atoms with Crippen LogP contribution in [0.5, 0.6) is 0 Å². The van der Waals surface area contributed by atoms with E-state index in [-0.39, 0.29) is 5.54 Å². The Balaban J connectivity index is 1.87. The van der Waals surface area contributed by atoms with E-state index in [9.17, 15) is 0 Å². The van der Waals surface area contributed by atoms with Gasteiger partial charge in [-0.05, 0) is 37.5 Å². The van der Waals surface area contributed by atoms with Gasteiger partial charge in [0.25, 0.3) is 0 Å². The van der Waals surface area contributed by atoms with Crippen LogP contribution in [0.4, 0.5) is 0 Å². The molecule has 1 N–H and O–H groups in total. The van der Waals surface area contributed by atoms with E-state index in [0.29, 0.717) is 6.04 Å². The summed E-state index contributed by atoms with van der Waals surface area (Å²) >= 11 is 0. The first-order valence-corrected chi connectivity index (χ1v) is 8.14. The summed E-state index contributed by atoms with van der Waals surface area (Å²) in [5, 5.41) is 3.70. The van der Waals surface area contributed by atoms with E-state index in [1.54, 1.807) is 0 Å². The Hall–Kier alpha value is -1.64. The van der Waals surface area contributed by atoms with Crippen molar-refractivity contribution in [3.8, 4) is 0 Å². The number of nitrogens with one attached hydrogen (secondary N) is 1. The van der Waals surface area contributed by atoms with Crippen LogP contribution in [0.15, 0.2) is 54.6 Å². The van der Waals surface area contributed by atoms with Crippen LogP contribution in [0.1, 0.15) is 36.6 Å². The van der Waals surface area contributed by atoms with Crippen molar-refractivity contribution in [2.24, 2.45) is 0 Å². The molecule has 22 heavy (non-hydrogen) atoms. The summed E-state index contributed by atoms with van der Waals surface area (Å²) in [7, 11) is 0. The second kappa shape index (κ2) is 6.23. The molecule has 2 aromatic carbocycles. The number of hydrogen-bond acceptors (Lipinski definition) is 2. The predicted octanol–water partition coefficient (Wildman–Crippen LogP) is 3.92. The molecule has 1 aliphatic rings. The van der Waals surface area contributed by atoms with E-state index >= 15 is 0 Å². The Bertz CT molecular complexity index is 619. The highest BCUT2D eigenvalue weighted by atomic mass is 15.2. The smallest absolute Gasteiger partial charge is 0.0477 e. The molecule has 1 atom stereocenters.